The molecule has 0 saturated heterocycles. The minimum absolute atomic E-state index is 0.0750. The van der Waals surface area contributed by atoms with Gasteiger partial charge in [-0.25, -0.2) is 4.79 Å². The van der Waals surface area contributed by atoms with E-state index in [0.717, 1.165) is 5.56 Å². The Labute approximate surface area is 171 Å². The molecule has 3 rings (SSSR count). The summed E-state index contributed by atoms with van der Waals surface area (Å²) in [7, 11) is 0. The Morgan fingerprint density at radius 1 is 1.07 bits per heavy atom. The van der Waals surface area contributed by atoms with Crippen molar-refractivity contribution in [1.82, 2.24) is 10.6 Å². The van der Waals surface area contributed by atoms with Crippen molar-refractivity contribution in [2.45, 2.75) is 26.4 Å². The number of halogens is 1. The Morgan fingerprint density at radius 2 is 1.71 bits per heavy atom. The second-order valence-corrected chi connectivity index (χ2v) is 7.46. The molecule has 2 aromatic rings. The van der Waals surface area contributed by atoms with Gasteiger partial charge in [-0.15, -0.1) is 0 Å². The largest absolute Gasteiger partial charge is 0.486 e. The molecule has 0 fully saturated rings. The molecule has 1 heterocycles. The van der Waals surface area contributed by atoms with E-state index >= 15 is 0 Å². The van der Waals surface area contributed by atoms with Gasteiger partial charge in [0.1, 0.15) is 13.2 Å². The third-order valence-corrected chi connectivity index (χ3v) is 4.63. The second-order valence-electron chi connectivity index (χ2n) is 6.61. The van der Waals surface area contributed by atoms with E-state index in [2.05, 4.69) is 31.9 Å². The zero-order valence-electron chi connectivity index (χ0n) is 15.7. The van der Waals surface area contributed by atoms with Crippen molar-refractivity contribution < 1.29 is 19.1 Å². The van der Waals surface area contributed by atoms with Gasteiger partial charge in [0.25, 0.3) is 5.91 Å². The molecule has 0 bridgehead atoms. The van der Waals surface area contributed by atoms with Crippen LogP contribution in [0.4, 0.5) is 10.5 Å². The molecule has 0 saturated carbocycles. The van der Waals surface area contributed by atoms with Crippen LogP contribution in [0.15, 0.2) is 40.9 Å². The van der Waals surface area contributed by atoms with Gasteiger partial charge in [-0.1, -0.05) is 12.1 Å². The van der Waals surface area contributed by atoms with Gasteiger partial charge in [-0.3, -0.25) is 4.79 Å². The highest BCUT2D eigenvalue weighted by Crippen LogP contribution is 2.38. The number of rotatable bonds is 5. The Kier molecular flexibility index (Phi) is 6.41. The van der Waals surface area contributed by atoms with Crippen LogP contribution in [0.5, 0.6) is 11.5 Å². The summed E-state index contributed by atoms with van der Waals surface area (Å²) in [6.07, 6.45) is 0. The first-order chi connectivity index (χ1) is 13.4. The van der Waals surface area contributed by atoms with Crippen LogP contribution in [0, 0.1) is 0 Å². The molecule has 0 atom stereocenters. The number of benzene rings is 2. The van der Waals surface area contributed by atoms with E-state index < -0.39 is 0 Å². The van der Waals surface area contributed by atoms with E-state index in [1.807, 2.05) is 26.0 Å². The Hall–Kier alpha value is -2.74. The minimum atomic E-state index is -0.241. The van der Waals surface area contributed by atoms with Crippen molar-refractivity contribution >= 4 is 33.6 Å². The lowest BCUT2D eigenvalue weighted by Crippen LogP contribution is -2.39. The van der Waals surface area contributed by atoms with Crippen LogP contribution >= 0.6 is 15.9 Å². The predicted octanol–water partition coefficient (Wildman–Crippen LogP) is 3.68. The van der Waals surface area contributed by atoms with Gasteiger partial charge in [-0.2, -0.15) is 0 Å². The van der Waals surface area contributed by atoms with E-state index in [0.29, 0.717) is 47.0 Å². The molecule has 148 valence electrons. The molecular weight excluding hydrogens is 426 g/mol. The molecule has 0 radical (unpaired) electrons. The predicted molar refractivity (Wildman–Crippen MR) is 110 cm³/mol. The molecule has 0 unspecified atom stereocenters. The molecular formula is C20H22BrN3O4. The van der Waals surface area contributed by atoms with E-state index in [-0.39, 0.29) is 18.0 Å². The van der Waals surface area contributed by atoms with Crippen molar-refractivity contribution in [3.8, 4) is 11.5 Å². The van der Waals surface area contributed by atoms with Crippen LogP contribution in [0.25, 0.3) is 0 Å². The molecule has 0 aromatic heterocycles. The maximum Gasteiger partial charge on any atom is 0.315 e. The summed E-state index contributed by atoms with van der Waals surface area (Å²) in [5.74, 6) is 1.01. The van der Waals surface area contributed by atoms with Crippen LogP contribution in [0.3, 0.4) is 0 Å². The van der Waals surface area contributed by atoms with E-state index in [9.17, 15) is 9.59 Å². The molecule has 0 spiro atoms. The third-order valence-electron chi connectivity index (χ3n) is 3.97. The van der Waals surface area contributed by atoms with E-state index in [1.54, 1.807) is 24.3 Å². The standard InChI is InChI=1S/C20H22BrN3O4/c1-12(2)23-20(26)22-11-13-3-5-14(6-4-13)19(25)24-16-10-18-17(9-15(16)21)27-7-8-28-18/h3-6,9-10,12H,7-8,11H2,1-2H3,(H,24,25)(H2,22,23,26). The minimum Gasteiger partial charge on any atom is -0.486 e. The van der Waals surface area contributed by atoms with Crippen molar-refractivity contribution in [3.05, 3.63) is 52.0 Å². The molecule has 3 amide bonds. The topological polar surface area (TPSA) is 88.7 Å². The highest BCUT2D eigenvalue weighted by molar-refractivity contribution is 9.10. The molecule has 2 aromatic carbocycles. The first-order valence-corrected chi connectivity index (χ1v) is 9.75. The summed E-state index contributed by atoms with van der Waals surface area (Å²) in [5, 5.41) is 8.40. The number of carbonyl (C=O) groups excluding carboxylic acids is 2. The lowest BCUT2D eigenvalue weighted by atomic mass is 10.1. The van der Waals surface area contributed by atoms with E-state index in [4.69, 9.17) is 9.47 Å². The van der Waals surface area contributed by atoms with Gasteiger partial charge in [0, 0.05) is 34.8 Å². The number of carbonyl (C=O) groups is 2. The number of hydrogen-bond donors (Lipinski definition) is 3. The summed E-state index contributed by atoms with van der Waals surface area (Å²) >= 11 is 3.44. The van der Waals surface area contributed by atoms with Gasteiger partial charge < -0.3 is 25.4 Å². The number of urea groups is 1. The molecule has 28 heavy (non-hydrogen) atoms. The zero-order chi connectivity index (χ0) is 20.1. The van der Waals surface area contributed by atoms with Crippen LogP contribution in [0.1, 0.15) is 29.8 Å². The maximum absolute atomic E-state index is 12.5. The average molecular weight is 448 g/mol. The monoisotopic (exact) mass is 447 g/mol. The molecule has 1 aliphatic rings. The van der Waals surface area contributed by atoms with Gasteiger partial charge >= 0.3 is 6.03 Å². The summed E-state index contributed by atoms with van der Waals surface area (Å²) in [6.45, 7) is 5.16. The number of nitrogens with one attached hydrogen (secondary N) is 3. The van der Waals surface area contributed by atoms with Crippen LogP contribution < -0.4 is 25.4 Å². The third kappa shape index (κ3) is 5.16. The fraction of sp³-hybridized carbons (Fsp3) is 0.300. The first kappa shape index (κ1) is 20.0. The fourth-order valence-corrected chi connectivity index (χ4v) is 3.05. The van der Waals surface area contributed by atoms with Gasteiger partial charge in [0.05, 0.1) is 5.69 Å². The summed E-state index contributed by atoms with van der Waals surface area (Å²) in [4.78, 5) is 24.2. The lowest BCUT2D eigenvalue weighted by molar-refractivity contribution is 0.102. The Morgan fingerprint density at radius 3 is 2.36 bits per heavy atom. The molecule has 0 aliphatic carbocycles. The maximum atomic E-state index is 12.5. The van der Waals surface area contributed by atoms with Gasteiger partial charge in [0.15, 0.2) is 11.5 Å². The average Bonchev–Trinajstić information content (AvgIpc) is 2.67. The fourth-order valence-electron chi connectivity index (χ4n) is 2.62. The van der Waals surface area contributed by atoms with Crippen LogP contribution in [-0.4, -0.2) is 31.2 Å². The number of fused-ring (bicyclic) bond motifs is 1. The lowest BCUT2D eigenvalue weighted by Gasteiger charge is -2.20. The summed E-state index contributed by atoms with van der Waals surface area (Å²) in [6, 6.07) is 10.4. The quantitative estimate of drug-likeness (QED) is 0.651. The molecule has 3 N–H and O–H groups in total. The highest BCUT2D eigenvalue weighted by Gasteiger charge is 2.16. The van der Waals surface area contributed by atoms with Crippen LogP contribution in [-0.2, 0) is 6.54 Å². The number of hydrogen-bond acceptors (Lipinski definition) is 4. The van der Waals surface area contributed by atoms with Crippen molar-refractivity contribution in [2.75, 3.05) is 18.5 Å². The molecule has 7 nitrogen and oxygen atoms in total. The molecule has 1 aliphatic heterocycles. The second kappa shape index (κ2) is 8.97. The Balaban J connectivity index is 1.61. The highest BCUT2D eigenvalue weighted by atomic mass is 79.9. The van der Waals surface area contributed by atoms with E-state index in [1.165, 1.54) is 0 Å². The zero-order valence-corrected chi connectivity index (χ0v) is 17.3. The number of ether oxygens (including phenoxy) is 2. The van der Waals surface area contributed by atoms with Crippen LogP contribution in [0.2, 0.25) is 0 Å². The number of amides is 3. The number of anilines is 1. The summed E-state index contributed by atoms with van der Waals surface area (Å²) < 4.78 is 11.8. The summed E-state index contributed by atoms with van der Waals surface area (Å²) in [5.41, 5.74) is 2.01. The SMILES string of the molecule is CC(C)NC(=O)NCc1ccc(C(=O)Nc2cc3c(cc2Br)OCCO3)cc1. The van der Waals surface area contributed by atoms with Gasteiger partial charge in [0.2, 0.25) is 0 Å². The first-order valence-electron chi connectivity index (χ1n) is 8.96. The van der Waals surface area contributed by atoms with Crippen molar-refractivity contribution in [1.29, 1.82) is 0 Å². The molecule has 8 heteroatoms. The normalized spacial score (nSPS) is 12.4. The Bertz CT molecular complexity index is 868. The van der Waals surface area contributed by atoms with Crippen molar-refractivity contribution in [3.63, 3.8) is 0 Å². The smallest absolute Gasteiger partial charge is 0.315 e. The van der Waals surface area contributed by atoms with Crippen molar-refractivity contribution in [2.24, 2.45) is 0 Å². The van der Waals surface area contributed by atoms with Gasteiger partial charge in [-0.05, 0) is 47.5 Å².